The van der Waals surface area contributed by atoms with Crippen molar-refractivity contribution in [2.45, 2.75) is 17.4 Å². The third kappa shape index (κ3) is 3.30. The summed E-state index contributed by atoms with van der Waals surface area (Å²) in [6.45, 7) is 0.595. The third-order valence-corrected chi connectivity index (χ3v) is 4.24. The first-order valence-corrected chi connectivity index (χ1v) is 8.11. The van der Waals surface area contributed by atoms with Gasteiger partial charge in [0.25, 0.3) is 0 Å². The summed E-state index contributed by atoms with van der Waals surface area (Å²) in [7, 11) is -3.54. The first-order valence-electron chi connectivity index (χ1n) is 6.22. The van der Waals surface area contributed by atoms with E-state index in [1.165, 1.54) is 23.2 Å². The molecule has 9 heteroatoms. The smallest absolute Gasteiger partial charge is 0.305 e. The van der Waals surface area contributed by atoms with Crippen molar-refractivity contribution in [2.75, 3.05) is 24.2 Å². The van der Waals surface area contributed by atoms with E-state index >= 15 is 0 Å². The highest BCUT2D eigenvalue weighted by Gasteiger charge is 2.34. The Kier molecular flexibility index (Phi) is 4.12. The zero-order valence-electron chi connectivity index (χ0n) is 11.3. The number of pyridine rings is 1. The van der Waals surface area contributed by atoms with Crippen LogP contribution in [0.1, 0.15) is 6.42 Å². The second-order valence-electron chi connectivity index (χ2n) is 4.70. The molecule has 1 aliphatic heterocycles. The van der Waals surface area contributed by atoms with Gasteiger partial charge in [-0.05, 0) is 12.1 Å². The van der Waals surface area contributed by atoms with Crippen molar-refractivity contribution < 1.29 is 23.1 Å². The Bertz CT molecular complexity index is 673. The predicted octanol–water partition coefficient (Wildman–Crippen LogP) is -0.735. The van der Waals surface area contributed by atoms with Gasteiger partial charge in [0.2, 0.25) is 5.91 Å². The van der Waals surface area contributed by atoms with E-state index < -0.39 is 34.2 Å². The Morgan fingerprint density at radius 1 is 1.57 bits per heavy atom. The number of carbonyl (C=O) groups excluding carboxylic acids is 1. The maximum Gasteiger partial charge on any atom is 0.305 e. The van der Waals surface area contributed by atoms with E-state index in [1.807, 2.05) is 0 Å². The lowest BCUT2D eigenvalue weighted by Crippen LogP contribution is -2.56. The number of carboxylic acid groups (broad SMARTS) is 1. The molecule has 0 bridgehead atoms. The fourth-order valence-electron chi connectivity index (χ4n) is 2.22. The van der Waals surface area contributed by atoms with Crippen molar-refractivity contribution in [1.29, 1.82) is 0 Å². The molecule has 1 unspecified atom stereocenters. The molecule has 1 saturated heterocycles. The summed E-state index contributed by atoms with van der Waals surface area (Å²) >= 11 is 0. The fraction of sp³-hybridized carbons (Fsp3) is 0.417. The molecule has 0 aromatic carbocycles. The SMILES string of the molecule is CS(=O)(=O)c1cccnc1N1CCNC(=O)C1CC(=O)O. The summed E-state index contributed by atoms with van der Waals surface area (Å²) in [4.78, 5) is 28.3. The molecule has 2 N–H and O–H groups in total. The first-order chi connectivity index (χ1) is 9.80. The van der Waals surface area contributed by atoms with Crippen LogP contribution in [0, 0.1) is 0 Å². The van der Waals surface area contributed by atoms with Gasteiger partial charge in [-0.2, -0.15) is 0 Å². The van der Waals surface area contributed by atoms with Crippen LogP contribution in [0.4, 0.5) is 5.82 Å². The molecule has 1 amide bonds. The van der Waals surface area contributed by atoms with Gasteiger partial charge >= 0.3 is 5.97 Å². The molecule has 2 rings (SSSR count). The van der Waals surface area contributed by atoms with E-state index in [1.54, 1.807) is 0 Å². The second kappa shape index (κ2) is 5.68. The fourth-order valence-corrected chi connectivity index (χ4v) is 3.05. The number of hydrogen-bond donors (Lipinski definition) is 2. The van der Waals surface area contributed by atoms with Gasteiger partial charge in [-0.1, -0.05) is 0 Å². The van der Waals surface area contributed by atoms with Crippen LogP contribution in [-0.2, 0) is 19.4 Å². The van der Waals surface area contributed by atoms with Gasteiger partial charge in [-0.3, -0.25) is 9.59 Å². The average Bonchev–Trinajstić information content (AvgIpc) is 2.40. The highest BCUT2D eigenvalue weighted by Crippen LogP contribution is 2.26. The van der Waals surface area contributed by atoms with Crippen LogP contribution in [0.2, 0.25) is 0 Å². The zero-order valence-corrected chi connectivity index (χ0v) is 12.1. The normalized spacial score (nSPS) is 19.2. The largest absolute Gasteiger partial charge is 0.481 e. The number of nitrogens with zero attached hydrogens (tertiary/aromatic N) is 2. The molecule has 1 aliphatic rings. The zero-order chi connectivity index (χ0) is 15.6. The van der Waals surface area contributed by atoms with E-state index in [0.29, 0.717) is 13.1 Å². The average molecular weight is 313 g/mol. The van der Waals surface area contributed by atoms with Crippen LogP contribution in [0.5, 0.6) is 0 Å². The summed E-state index contributed by atoms with van der Waals surface area (Å²) in [6, 6.07) is 1.89. The highest BCUT2D eigenvalue weighted by molar-refractivity contribution is 7.90. The number of piperazine rings is 1. The number of hydrogen-bond acceptors (Lipinski definition) is 6. The van der Waals surface area contributed by atoms with Crippen molar-refractivity contribution in [1.82, 2.24) is 10.3 Å². The van der Waals surface area contributed by atoms with Crippen molar-refractivity contribution in [3.8, 4) is 0 Å². The molecule has 8 nitrogen and oxygen atoms in total. The monoisotopic (exact) mass is 313 g/mol. The number of sulfone groups is 1. The second-order valence-corrected chi connectivity index (χ2v) is 6.68. The number of amides is 1. The Morgan fingerprint density at radius 3 is 2.90 bits per heavy atom. The molecule has 114 valence electrons. The molecule has 1 fully saturated rings. The molecule has 1 aromatic heterocycles. The lowest BCUT2D eigenvalue weighted by atomic mass is 10.1. The third-order valence-electron chi connectivity index (χ3n) is 3.12. The van der Waals surface area contributed by atoms with Crippen LogP contribution >= 0.6 is 0 Å². The van der Waals surface area contributed by atoms with Crippen molar-refractivity contribution in [3.05, 3.63) is 18.3 Å². The molecular formula is C12H15N3O5S. The number of nitrogens with one attached hydrogen (secondary N) is 1. The predicted molar refractivity (Wildman–Crippen MR) is 73.7 cm³/mol. The summed E-state index contributed by atoms with van der Waals surface area (Å²) in [6.07, 6.45) is 2.03. The summed E-state index contributed by atoms with van der Waals surface area (Å²) in [5, 5.41) is 11.5. The highest BCUT2D eigenvalue weighted by atomic mass is 32.2. The van der Waals surface area contributed by atoms with Gasteiger partial charge in [0.1, 0.15) is 16.8 Å². The van der Waals surface area contributed by atoms with Crippen LogP contribution in [0.3, 0.4) is 0 Å². The number of carboxylic acids is 1. The molecule has 0 radical (unpaired) electrons. The maximum absolute atomic E-state index is 11.9. The topological polar surface area (TPSA) is 117 Å². The van der Waals surface area contributed by atoms with Gasteiger partial charge in [-0.25, -0.2) is 13.4 Å². The van der Waals surface area contributed by atoms with Crippen molar-refractivity contribution in [3.63, 3.8) is 0 Å². The lowest BCUT2D eigenvalue weighted by Gasteiger charge is -2.35. The van der Waals surface area contributed by atoms with Gasteiger partial charge in [-0.15, -0.1) is 0 Å². The lowest BCUT2D eigenvalue weighted by molar-refractivity contribution is -0.139. The summed E-state index contributed by atoms with van der Waals surface area (Å²) < 4.78 is 23.6. The standard InChI is InChI=1S/C12H15N3O5S/c1-21(19,20)9-3-2-4-13-11(9)15-6-5-14-12(18)8(15)7-10(16)17/h2-4,8H,5-7H2,1H3,(H,14,18)(H,16,17). The summed E-state index contributed by atoms with van der Waals surface area (Å²) in [5.74, 6) is -1.48. The molecule has 1 atom stereocenters. The molecular weight excluding hydrogens is 298 g/mol. The van der Waals surface area contributed by atoms with Gasteiger partial charge < -0.3 is 15.3 Å². The number of anilines is 1. The number of aromatic nitrogens is 1. The molecule has 1 aromatic rings. The number of aliphatic carboxylic acids is 1. The van der Waals surface area contributed by atoms with E-state index in [-0.39, 0.29) is 10.7 Å². The van der Waals surface area contributed by atoms with E-state index in [9.17, 15) is 18.0 Å². The van der Waals surface area contributed by atoms with Crippen LogP contribution in [-0.4, -0.2) is 55.8 Å². The molecule has 0 aliphatic carbocycles. The van der Waals surface area contributed by atoms with Crippen LogP contribution in [0.15, 0.2) is 23.2 Å². The van der Waals surface area contributed by atoms with Gasteiger partial charge in [0.05, 0.1) is 6.42 Å². The Hall–Kier alpha value is -2.16. The van der Waals surface area contributed by atoms with E-state index in [2.05, 4.69) is 10.3 Å². The number of carbonyl (C=O) groups is 2. The van der Waals surface area contributed by atoms with Crippen LogP contribution in [0.25, 0.3) is 0 Å². The van der Waals surface area contributed by atoms with Crippen molar-refractivity contribution >= 4 is 27.5 Å². The minimum Gasteiger partial charge on any atom is -0.481 e. The Balaban J connectivity index is 2.48. The molecule has 0 spiro atoms. The minimum absolute atomic E-state index is 0.0184. The Morgan fingerprint density at radius 2 is 2.29 bits per heavy atom. The van der Waals surface area contributed by atoms with E-state index in [0.717, 1.165) is 6.26 Å². The van der Waals surface area contributed by atoms with Crippen LogP contribution < -0.4 is 10.2 Å². The van der Waals surface area contributed by atoms with E-state index in [4.69, 9.17) is 5.11 Å². The summed E-state index contributed by atoms with van der Waals surface area (Å²) in [5.41, 5.74) is 0. The quantitative estimate of drug-likeness (QED) is 0.752. The first kappa shape index (κ1) is 15.2. The molecule has 2 heterocycles. The van der Waals surface area contributed by atoms with Gasteiger partial charge in [0.15, 0.2) is 9.84 Å². The van der Waals surface area contributed by atoms with Crippen molar-refractivity contribution in [2.24, 2.45) is 0 Å². The molecule has 0 saturated carbocycles. The maximum atomic E-state index is 11.9. The number of rotatable bonds is 4. The minimum atomic E-state index is -3.54. The Labute approximate surface area is 121 Å². The van der Waals surface area contributed by atoms with Gasteiger partial charge in [0, 0.05) is 25.5 Å². The molecule has 21 heavy (non-hydrogen) atoms.